The lowest BCUT2D eigenvalue weighted by atomic mass is 9.52. The van der Waals surface area contributed by atoms with Gasteiger partial charge in [0.2, 0.25) is 0 Å². The minimum atomic E-state index is -0.308. The van der Waals surface area contributed by atoms with Gasteiger partial charge in [0.1, 0.15) is 5.75 Å². The average molecular weight is 329 g/mol. The molecule has 4 saturated carbocycles. The van der Waals surface area contributed by atoms with E-state index >= 15 is 0 Å². The van der Waals surface area contributed by atoms with Crippen LogP contribution in [0.5, 0.6) is 5.75 Å². The van der Waals surface area contributed by atoms with Crippen molar-refractivity contribution in [3.8, 4) is 5.75 Å². The third kappa shape index (κ3) is 3.34. The van der Waals surface area contributed by atoms with Crippen LogP contribution in [0.25, 0.3) is 0 Å². The topological polar surface area (TPSA) is 32.7 Å². The van der Waals surface area contributed by atoms with E-state index in [0.717, 1.165) is 62.3 Å². The Bertz CT molecular complexity index is 530. The van der Waals surface area contributed by atoms with E-state index in [4.69, 9.17) is 4.74 Å². The molecule has 4 bridgehead atoms. The highest BCUT2D eigenvalue weighted by molar-refractivity contribution is 5.20. The Morgan fingerprint density at radius 2 is 1.79 bits per heavy atom. The van der Waals surface area contributed by atoms with Crippen LogP contribution in [0.4, 0.5) is 0 Å². The van der Waals surface area contributed by atoms with Crippen LogP contribution in [-0.2, 0) is 0 Å². The fourth-order valence-corrected chi connectivity index (χ4v) is 5.99. The van der Waals surface area contributed by atoms with Gasteiger partial charge in [-0.05, 0) is 88.4 Å². The van der Waals surface area contributed by atoms with Gasteiger partial charge in [-0.25, -0.2) is 0 Å². The van der Waals surface area contributed by atoms with Crippen molar-refractivity contribution in [3.05, 3.63) is 30.3 Å². The number of hydrogen-bond donors (Lipinski definition) is 1. The molecule has 3 heteroatoms. The molecule has 4 aliphatic carbocycles. The maximum atomic E-state index is 10.7. The van der Waals surface area contributed by atoms with Crippen molar-refractivity contribution in [1.29, 1.82) is 0 Å². The summed E-state index contributed by atoms with van der Waals surface area (Å²) in [5, 5.41) is 10.7. The van der Waals surface area contributed by atoms with Gasteiger partial charge in [0.25, 0.3) is 0 Å². The molecule has 0 radical (unpaired) electrons. The molecule has 1 N–H and O–H groups in total. The molecule has 2 atom stereocenters. The lowest BCUT2D eigenvalue weighted by molar-refractivity contribution is -0.157. The van der Waals surface area contributed by atoms with E-state index in [0.29, 0.717) is 6.04 Å². The number of hydrogen-bond acceptors (Lipinski definition) is 3. The van der Waals surface area contributed by atoms with Crippen LogP contribution in [0.15, 0.2) is 30.3 Å². The number of para-hydroxylation sites is 1. The SMILES string of the molecule is CN(CCCCOc1ccccc1)C1C2CC3CC1CC(O)(C3)C2. The number of unbranched alkanes of at least 4 members (excludes halogenated alkanes) is 1. The largest absolute Gasteiger partial charge is 0.494 e. The van der Waals surface area contributed by atoms with Gasteiger partial charge in [-0.2, -0.15) is 0 Å². The highest BCUT2D eigenvalue weighted by Gasteiger charge is 2.55. The number of aliphatic hydroxyl groups is 1. The first kappa shape index (κ1) is 16.4. The normalized spacial score (nSPS) is 37.1. The van der Waals surface area contributed by atoms with Gasteiger partial charge < -0.3 is 14.7 Å². The second-order valence-electron chi connectivity index (χ2n) is 8.53. The van der Waals surface area contributed by atoms with E-state index in [-0.39, 0.29) is 5.60 Å². The molecule has 0 spiro atoms. The maximum absolute atomic E-state index is 10.7. The molecule has 2 unspecified atom stereocenters. The molecule has 1 aromatic carbocycles. The summed E-state index contributed by atoms with van der Waals surface area (Å²) in [6.07, 6.45) is 8.17. The van der Waals surface area contributed by atoms with Crippen LogP contribution in [0.1, 0.15) is 44.9 Å². The minimum absolute atomic E-state index is 0.308. The van der Waals surface area contributed by atoms with Crippen molar-refractivity contribution < 1.29 is 9.84 Å². The summed E-state index contributed by atoms with van der Waals surface area (Å²) < 4.78 is 5.79. The molecule has 1 aromatic rings. The van der Waals surface area contributed by atoms with E-state index in [1.54, 1.807) is 0 Å². The van der Waals surface area contributed by atoms with E-state index in [1.807, 2.05) is 30.3 Å². The van der Waals surface area contributed by atoms with E-state index < -0.39 is 0 Å². The molecular weight excluding hydrogens is 298 g/mol. The average Bonchev–Trinajstić information content (AvgIpc) is 2.53. The summed E-state index contributed by atoms with van der Waals surface area (Å²) in [4.78, 5) is 2.60. The smallest absolute Gasteiger partial charge is 0.119 e. The zero-order valence-corrected chi connectivity index (χ0v) is 14.9. The third-order valence-corrected chi connectivity index (χ3v) is 6.62. The monoisotopic (exact) mass is 329 g/mol. The Labute approximate surface area is 146 Å². The lowest BCUT2D eigenvalue weighted by Gasteiger charge is -2.60. The molecule has 132 valence electrons. The predicted octanol–water partition coefficient (Wildman–Crippen LogP) is 3.72. The first-order valence-corrected chi connectivity index (χ1v) is 9.73. The van der Waals surface area contributed by atoms with Crippen molar-refractivity contribution in [2.45, 2.75) is 56.6 Å². The van der Waals surface area contributed by atoms with Crippen LogP contribution < -0.4 is 4.74 Å². The predicted molar refractivity (Wildman–Crippen MR) is 96.1 cm³/mol. The van der Waals surface area contributed by atoms with Crippen LogP contribution >= 0.6 is 0 Å². The van der Waals surface area contributed by atoms with Crippen LogP contribution in [0, 0.1) is 17.8 Å². The van der Waals surface area contributed by atoms with Crippen LogP contribution in [0.2, 0.25) is 0 Å². The summed E-state index contributed by atoms with van der Waals surface area (Å²) in [7, 11) is 2.30. The van der Waals surface area contributed by atoms with Crippen molar-refractivity contribution >= 4 is 0 Å². The van der Waals surface area contributed by atoms with Crippen molar-refractivity contribution in [2.24, 2.45) is 17.8 Å². The van der Waals surface area contributed by atoms with Crippen molar-refractivity contribution in [1.82, 2.24) is 4.90 Å². The Hall–Kier alpha value is -1.06. The molecule has 24 heavy (non-hydrogen) atoms. The Morgan fingerprint density at radius 3 is 2.46 bits per heavy atom. The molecule has 0 heterocycles. The zero-order valence-electron chi connectivity index (χ0n) is 14.9. The van der Waals surface area contributed by atoms with Gasteiger partial charge in [-0.15, -0.1) is 0 Å². The number of rotatable bonds is 7. The van der Waals surface area contributed by atoms with E-state index in [9.17, 15) is 5.11 Å². The van der Waals surface area contributed by atoms with Gasteiger partial charge >= 0.3 is 0 Å². The van der Waals surface area contributed by atoms with Crippen molar-refractivity contribution in [2.75, 3.05) is 20.2 Å². The Morgan fingerprint density at radius 1 is 1.08 bits per heavy atom. The molecule has 5 rings (SSSR count). The number of benzene rings is 1. The Balaban J connectivity index is 1.22. The lowest BCUT2D eigenvalue weighted by Crippen LogP contribution is -2.61. The zero-order chi connectivity index (χ0) is 16.6. The first-order chi connectivity index (χ1) is 11.6. The van der Waals surface area contributed by atoms with Gasteiger partial charge in [0, 0.05) is 6.04 Å². The van der Waals surface area contributed by atoms with Gasteiger partial charge in [-0.1, -0.05) is 18.2 Å². The molecular formula is C21H31NO2. The summed E-state index contributed by atoms with van der Waals surface area (Å²) in [5.41, 5.74) is -0.308. The standard InChI is InChI=1S/C21H31NO2/c1-22(9-5-6-10-24-19-7-3-2-4-8-19)20-17-11-16-12-18(20)15-21(23,13-16)14-17/h2-4,7-8,16-18,20,23H,5-6,9-15H2,1H3. The molecule has 0 amide bonds. The second-order valence-corrected chi connectivity index (χ2v) is 8.53. The second kappa shape index (κ2) is 6.68. The summed E-state index contributed by atoms with van der Waals surface area (Å²) >= 11 is 0. The van der Waals surface area contributed by atoms with Gasteiger partial charge in [0.05, 0.1) is 12.2 Å². The highest BCUT2D eigenvalue weighted by Crippen LogP contribution is 2.56. The molecule has 0 saturated heterocycles. The quantitative estimate of drug-likeness (QED) is 0.774. The molecule has 3 nitrogen and oxygen atoms in total. The molecule has 4 aliphatic rings. The first-order valence-electron chi connectivity index (χ1n) is 9.73. The summed E-state index contributed by atoms with van der Waals surface area (Å²) in [6, 6.07) is 10.8. The highest BCUT2D eigenvalue weighted by atomic mass is 16.5. The molecule has 4 fully saturated rings. The third-order valence-electron chi connectivity index (χ3n) is 6.62. The van der Waals surface area contributed by atoms with Crippen LogP contribution in [-0.4, -0.2) is 41.8 Å². The number of ether oxygens (including phenoxy) is 1. The fraction of sp³-hybridized carbons (Fsp3) is 0.714. The van der Waals surface area contributed by atoms with E-state index in [1.165, 1.54) is 19.3 Å². The van der Waals surface area contributed by atoms with Crippen molar-refractivity contribution in [3.63, 3.8) is 0 Å². The summed E-state index contributed by atoms with van der Waals surface area (Å²) in [5.74, 6) is 3.23. The van der Waals surface area contributed by atoms with Gasteiger partial charge in [-0.3, -0.25) is 0 Å². The molecule has 0 aliphatic heterocycles. The Kier molecular flexibility index (Phi) is 4.57. The van der Waals surface area contributed by atoms with Gasteiger partial charge in [0.15, 0.2) is 0 Å². The minimum Gasteiger partial charge on any atom is -0.494 e. The maximum Gasteiger partial charge on any atom is 0.119 e. The van der Waals surface area contributed by atoms with E-state index in [2.05, 4.69) is 11.9 Å². The van der Waals surface area contributed by atoms with Crippen LogP contribution in [0.3, 0.4) is 0 Å². The fourth-order valence-electron chi connectivity index (χ4n) is 5.99. The summed E-state index contributed by atoms with van der Waals surface area (Å²) in [6.45, 7) is 1.95. The molecule has 0 aromatic heterocycles. The number of nitrogens with zero attached hydrogens (tertiary/aromatic N) is 1.